The predicted octanol–water partition coefficient (Wildman–Crippen LogP) is 16.9. The molecule has 0 radical (unpaired) electrons. The van der Waals surface area contributed by atoms with E-state index in [9.17, 15) is 17.9 Å². The molecule has 0 bridgehead atoms. The standard InChI is InChI=1S/3C16H36N.CF2O5P2/c3*1-5-9-13-17(14-10-6-2,15-11-7-3)16-12-8-4;2-1(3)6-9(4)8-10(5)7-1/h3*5-16H2,1-4H3;/q3*+1;+2. The Hall–Kier alpha value is -0.180. The third-order valence-electron chi connectivity index (χ3n) is 12.3. The molecule has 1 saturated heterocycles. The fourth-order valence-corrected chi connectivity index (χ4v) is 9.40. The van der Waals surface area contributed by atoms with Crippen molar-refractivity contribution in [1.29, 1.82) is 0 Å². The second-order valence-electron chi connectivity index (χ2n) is 18.1. The molecule has 0 spiro atoms. The van der Waals surface area contributed by atoms with Crippen molar-refractivity contribution in [3.63, 3.8) is 0 Å². The van der Waals surface area contributed by atoms with Gasteiger partial charge >= 0.3 is 22.8 Å². The van der Waals surface area contributed by atoms with E-state index in [1.54, 1.807) is 0 Å². The van der Waals surface area contributed by atoms with E-state index >= 15 is 0 Å². The van der Waals surface area contributed by atoms with Gasteiger partial charge in [-0.25, -0.2) is 0 Å². The second-order valence-corrected chi connectivity index (χ2v) is 20.0. The van der Waals surface area contributed by atoms with E-state index in [0.29, 0.717) is 0 Å². The molecule has 0 aromatic heterocycles. The average Bonchev–Trinajstić information content (AvgIpc) is 3.24. The van der Waals surface area contributed by atoms with E-state index in [0.717, 1.165) is 0 Å². The van der Waals surface area contributed by atoms with Crippen LogP contribution in [0.2, 0.25) is 0 Å². The SMILES string of the molecule is CCCC[N+](CCCC)(CCCC)CCCC.CCCC[N+](CCCC)(CCCC)CCCC.CCCC[N+](CCCC)(CCCC)CCCC.O=[P+]1O[P+](=O)OC(F)(F)O1. The topological polar surface area (TPSA) is 61.8 Å². The molecule has 0 amide bonds. The summed E-state index contributed by atoms with van der Waals surface area (Å²) in [6, 6.07) is 0. The fraction of sp³-hybridized carbons (Fsp3) is 1.00. The van der Waals surface area contributed by atoms with Crippen LogP contribution < -0.4 is 0 Å². The van der Waals surface area contributed by atoms with Crippen LogP contribution in [0.3, 0.4) is 0 Å². The summed E-state index contributed by atoms with van der Waals surface area (Å²) in [7, 11) is -6.06. The van der Waals surface area contributed by atoms with Crippen molar-refractivity contribution >= 4 is 16.5 Å². The molecule has 1 aliphatic rings. The minimum atomic E-state index is -4.07. The number of hydrogen-bond donors (Lipinski definition) is 0. The first kappa shape index (κ1) is 65.1. The van der Waals surface area contributed by atoms with Crippen molar-refractivity contribution in [2.45, 2.75) is 243 Å². The van der Waals surface area contributed by atoms with E-state index < -0.39 is 22.8 Å². The second kappa shape index (κ2) is 43.7. The zero-order valence-electron chi connectivity index (χ0n) is 43.0. The van der Waals surface area contributed by atoms with Crippen LogP contribution >= 0.6 is 16.5 Å². The lowest BCUT2D eigenvalue weighted by Crippen LogP contribution is -2.50. The van der Waals surface area contributed by atoms with Gasteiger partial charge in [0.1, 0.15) is 0 Å². The maximum Gasteiger partial charge on any atom is 0.756 e. The quantitative estimate of drug-likeness (QED) is 0.0463. The van der Waals surface area contributed by atoms with Gasteiger partial charge in [0.25, 0.3) is 0 Å². The summed E-state index contributed by atoms with van der Waals surface area (Å²) in [5, 5.41) is 0. The summed E-state index contributed by atoms with van der Waals surface area (Å²) in [5.41, 5.74) is 0. The normalized spacial score (nSPS) is 15.3. The maximum atomic E-state index is 11.8. The summed E-state index contributed by atoms with van der Waals surface area (Å²) in [5.74, 6) is 0. The van der Waals surface area contributed by atoms with Crippen LogP contribution in [0.25, 0.3) is 0 Å². The zero-order chi connectivity index (χ0) is 46.7. The van der Waals surface area contributed by atoms with Gasteiger partial charge in [0.05, 0.1) is 78.5 Å². The lowest BCUT2D eigenvalue weighted by Gasteiger charge is -2.39. The molecule has 2 unspecified atom stereocenters. The largest absolute Gasteiger partial charge is 0.756 e. The van der Waals surface area contributed by atoms with Gasteiger partial charge in [-0.15, -0.1) is 8.78 Å². The Kier molecular flexibility index (Phi) is 46.6. The molecule has 0 saturated carbocycles. The molecular weight excluding hydrogens is 810 g/mol. The van der Waals surface area contributed by atoms with Crippen molar-refractivity contribution < 1.29 is 44.7 Å². The molecule has 0 N–H and O–H groups in total. The van der Waals surface area contributed by atoms with E-state index in [-0.39, 0.29) is 0 Å². The summed E-state index contributed by atoms with van der Waals surface area (Å²) in [4.78, 5) is 0. The van der Waals surface area contributed by atoms with Crippen LogP contribution in [0.4, 0.5) is 8.78 Å². The highest BCUT2D eigenvalue weighted by atomic mass is 31.2. The van der Waals surface area contributed by atoms with E-state index in [1.807, 2.05) is 0 Å². The smallest absolute Gasteiger partial charge is 0.324 e. The number of halogens is 2. The van der Waals surface area contributed by atoms with Gasteiger partial charge in [-0.1, -0.05) is 160 Å². The first-order valence-corrected chi connectivity index (χ1v) is 28.4. The highest BCUT2D eigenvalue weighted by Gasteiger charge is 2.64. The number of unbranched alkanes of at least 4 members (excludes halogenated alkanes) is 12. The van der Waals surface area contributed by atoms with Gasteiger partial charge in [0, 0.05) is 9.13 Å². The molecule has 0 aromatic carbocycles. The number of nitrogens with zero attached hydrogens (tertiary/aromatic N) is 3. The monoisotopic (exact) mass is 919 g/mol. The van der Waals surface area contributed by atoms with Gasteiger partial charge < -0.3 is 13.4 Å². The van der Waals surface area contributed by atoms with Crippen molar-refractivity contribution in [2.75, 3.05) is 78.5 Å². The third kappa shape index (κ3) is 36.7. The molecular formula is C49H108F2N3O5P2+5. The number of hydrogen-bond acceptors (Lipinski definition) is 5. The maximum absolute atomic E-state index is 11.8. The minimum Gasteiger partial charge on any atom is -0.324 e. The van der Waals surface area contributed by atoms with Crippen LogP contribution in [0, 0.1) is 0 Å². The summed E-state index contributed by atoms with van der Waals surface area (Å²) >= 11 is 0. The van der Waals surface area contributed by atoms with Gasteiger partial charge in [-0.05, 0) is 86.1 Å². The predicted molar refractivity (Wildman–Crippen MR) is 261 cm³/mol. The molecule has 12 heteroatoms. The van der Waals surface area contributed by atoms with E-state index in [4.69, 9.17) is 0 Å². The van der Waals surface area contributed by atoms with Crippen LogP contribution in [0.15, 0.2) is 0 Å². The average molecular weight is 919 g/mol. The molecule has 1 aliphatic heterocycles. The Bertz CT molecular complexity index is 766. The molecule has 1 fully saturated rings. The lowest BCUT2D eigenvalue weighted by atomic mass is 10.1. The Morgan fingerprint density at radius 1 is 0.311 bits per heavy atom. The van der Waals surface area contributed by atoms with E-state index in [1.165, 1.54) is 246 Å². The van der Waals surface area contributed by atoms with Gasteiger partial charge in [-0.3, -0.25) is 0 Å². The highest BCUT2D eigenvalue weighted by Crippen LogP contribution is 2.52. The first-order valence-electron chi connectivity index (χ1n) is 26.2. The lowest BCUT2D eigenvalue weighted by molar-refractivity contribution is -0.929. The molecule has 1 rings (SSSR count). The minimum absolute atomic E-state index is 1.35. The number of quaternary nitrogens is 3. The van der Waals surface area contributed by atoms with Crippen molar-refractivity contribution in [3.05, 3.63) is 0 Å². The number of alkyl halides is 2. The Morgan fingerprint density at radius 2 is 0.443 bits per heavy atom. The van der Waals surface area contributed by atoms with Gasteiger partial charge in [0.2, 0.25) is 0 Å². The van der Waals surface area contributed by atoms with Gasteiger partial charge in [-0.2, -0.15) is 0 Å². The fourth-order valence-electron chi connectivity index (χ4n) is 8.21. The Labute approximate surface area is 382 Å². The highest BCUT2D eigenvalue weighted by molar-refractivity contribution is 7.48. The molecule has 0 aromatic rings. The molecule has 1 heterocycles. The van der Waals surface area contributed by atoms with Crippen molar-refractivity contribution in [3.8, 4) is 0 Å². The molecule has 2 atom stereocenters. The van der Waals surface area contributed by atoms with Crippen LogP contribution in [0.1, 0.15) is 237 Å². The first-order chi connectivity index (χ1) is 29.2. The Balaban J connectivity index is -0.000000746. The zero-order valence-corrected chi connectivity index (χ0v) is 44.8. The molecule has 368 valence electrons. The summed E-state index contributed by atoms with van der Waals surface area (Å²) in [6.45, 7) is 45.1. The van der Waals surface area contributed by atoms with Crippen LogP contribution in [-0.2, 0) is 22.5 Å². The van der Waals surface area contributed by atoms with Crippen LogP contribution in [0.5, 0.6) is 0 Å². The number of rotatable bonds is 36. The molecule has 8 nitrogen and oxygen atoms in total. The summed E-state index contributed by atoms with van der Waals surface area (Å²) in [6.07, 6.45) is 29.1. The Morgan fingerprint density at radius 3 is 0.541 bits per heavy atom. The van der Waals surface area contributed by atoms with Crippen molar-refractivity contribution in [1.82, 2.24) is 0 Å². The third-order valence-corrected chi connectivity index (χ3v) is 14.1. The van der Waals surface area contributed by atoms with Crippen LogP contribution in [-0.4, -0.2) is 98.3 Å². The van der Waals surface area contributed by atoms with E-state index in [2.05, 4.69) is 96.4 Å². The summed E-state index contributed by atoms with van der Waals surface area (Å²) < 4.78 is 58.3. The van der Waals surface area contributed by atoms with Crippen molar-refractivity contribution in [2.24, 2.45) is 0 Å². The molecule has 61 heavy (non-hydrogen) atoms. The molecule has 0 aliphatic carbocycles. The van der Waals surface area contributed by atoms with Gasteiger partial charge in [0.15, 0.2) is 4.31 Å².